The Morgan fingerprint density at radius 2 is 2.20 bits per heavy atom. The molecular weight excluding hydrogens is 426 g/mol. The number of esters is 1. The first-order valence-electron chi connectivity index (χ1n) is 9.70. The van der Waals surface area contributed by atoms with E-state index >= 15 is 0 Å². The standard InChI is InChI=1S/C20H25N3O5S2/c1-10-4-5-13-14(8-10)30-18(16(13)19(27)28-3)22-15(25)9-29-20-21-11(2)12(6-7-24)17(26)23-20/h10,24H,4-9H2,1-3H3,(H,22,25)(H,21,23,26). The molecule has 0 aromatic carbocycles. The van der Waals surface area contributed by atoms with Crippen molar-refractivity contribution in [1.29, 1.82) is 0 Å². The van der Waals surface area contributed by atoms with Crippen LogP contribution in [-0.2, 0) is 28.8 Å². The van der Waals surface area contributed by atoms with Gasteiger partial charge in [-0.3, -0.25) is 9.59 Å². The molecule has 0 aliphatic heterocycles. The summed E-state index contributed by atoms with van der Waals surface area (Å²) in [6.07, 6.45) is 2.92. The van der Waals surface area contributed by atoms with Crippen LogP contribution < -0.4 is 10.9 Å². The van der Waals surface area contributed by atoms with Gasteiger partial charge in [0.2, 0.25) is 5.91 Å². The first kappa shape index (κ1) is 22.5. The fourth-order valence-corrected chi connectivity index (χ4v) is 5.63. The van der Waals surface area contributed by atoms with E-state index in [0.717, 1.165) is 41.5 Å². The average molecular weight is 452 g/mol. The number of thiophene rings is 1. The van der Waals surface area contributed by atoms with E-state index in [0.29, 0.717) is 32.9 Å². The minimum absolute atomic E-state index is 0.0291. The number of nitrogens with zero attached hydrogens (tertiary/aromatic N) is 1. The van der Waals surface area contributed by atoms with Gasteiger partial charge >= 0.3 is 5.97 Å². The highest BCUT2D eigenvalue weighted by molar-refractivity contribution is 7.99. The fourth-order valence-electron chi connectivity index (χ4n) is 3.51. The molecule has 0 bridgehead atoms. The molecule has 1 atom stereocenters. The van der Waals surface area contributed by atoms with Gasteiger partial charge in [-0.2, -0.15) is 0 Å². The number of aliphatic hydroxyl groups excluding tert-OH is 1. The van der Waals surface area contributed by atoms with Crippen LogP contribution in [0.25, 0.3) is 0 Å². The number of anilines is 1. The number of H-pyrrole nitrogens is 1. The van der Waals surface area contributed by atoms with Gasteiger partial charge < -0.3 is 20.1 Å². The number of carbonyl (C=O) groups excluding carboxylic acids is 2. The number of ether oxygens (including phenoxy) is 1. The molecule has 2 aromatic rings. The van der Waals surface area contributed by atoms with E-state index in [1.165, 1.54) is 18.4 Å². The molecule has 162 valence electrons. The number of methoxy groups -OCH3 is 1. The number of aromatic amines is 1. The molecule has 10 heteroatoms. The van der Waals surface area contributed by atoms with Crippen LogP contribution in [0.15, 0.2) is 9.95 Å². The van der Waals surface area contributed by atoms with Crippen LogP contribution in [0.2, 0.25) is 0 Å². The van der Waals surface area contributed by atoms with E-state index in [2.05, 4.69) is 22.2 Å². The minimum Gasteiger partial charge on any atom is -0.465 e. The van der Waals surface area contributed by atoms with Crippen LogP contribution >= 0.6 is 23.1 Å². The van der Waals surface area contributed by atoms with Crippen molar-refractivity contribution in [2.45, 2.75) is 44.7 Å². The van der Waals surface area contributed by atoms with Crippen molar-refractivity contribution in [3.05, 3.63) is 37.6 Å². The van der Waals surface area contributed by atoms with Crippen molar-refractivity contribution in [2.75, 3.05) is 24.8 Å². The molecule has 0 saturated heterocycles. The number of hydrogen-bond acceptors (Lipinski definition) is 8. The Labute approximate surface area is 182 Å². The zero-order valence-corrected chi connectivity index (χ0v) is 18.8. The van der Waals surface area contributed by atoms with Crippen LogP contribution in [-0.4, -0.2) is 46.4 Å². The fraction of sp³-hybridized carbons (Fsp3) is 0.500. The summed E-state index contributed by atoms with van der Waals surface area (Å²) in [6, 6.07) is 0. The van der Waals surface area contributed by atoms with Crippen LogP contribution in [0.5, 0.6) is 0 Å². The highest BCUT2D eigenvalue weighted by atomic mass is 32.2. The molecule has 0 saturated carbocycles. The lowest BCUT2D eigenvalue weighted by molar-refractivity contribution is -0.113. The SMILES string of the molecule is COC(=O)c1c(NC(=O)CSc2nc(C)c(CCO)c(=O)[nH]2)sc2c1CCC(C)C2. The highest BCUT2D eigenvalue weighted by Gasteiger charge is 2.28. The molecular formula is C20H25N3O5S2. The second-order valence-corrected chi connectivity index (χ2v) is 9.36. The smallest absolute Gasteiger partial charge is 0.341 e. The summed E-state index contributed by atoms with van der Waals surface area (Å²) in [6.45, 7) is 3.74. The van der Waals surface area contributed by atoms with Crippen molar-refractivity contribution in [2.24, 2.45) is 5.92 Å². The van der Waals surface area contributed by atoms with E-state index in [1.54, 1.807) is 6.92 Å². The topological polar surface area (TPSA) is 121 Å². The average Bonchev–Trinajstić information content (AvgIpc) is 3.05. The quantitative estimate of drug-likeness (QED) is 0.335. The van der Waals surface area contributed by atoms with Gasteiger partial charge in [-0.05, 0) is 37.7 Å². The summed E-state index contributed by atoms with van der Waals surface area (Å²) in [5.74, 6) is -0.162. The molecule has 1 aliphatic rings. The van der Waals surface area contributed by atoms with Gasteiger partial charge in [-0.25, -0.2) is 9.78 Å². The normalized spacial score (nSPS) is 15.5. The summed E-state index contributed by atoms with van der Waals surface area (Å²) in [4.78, 5) is 45.0. The van der Waals surface area contributed by atoms with Gasteiger partial charge in [-0.1, -0.05) is 18.7 Å². The number of hydrogen-bond donors (Lipinski definition) is 3. The summed E-state index contributed by atoms with van der Waals surface area (Å²) >= 11 is 2.54. The summed E-state index contributed by atoms with van der Waals surface area (Å²) in [5, 5.41) is 12.7. The maximum absolute atomic E-state index is 12.5. The zero-order chi connectivity index (χ0) is 21.8. The van der Waals surface area contributed by atoms with Crippen molar-refractivity contribution < 1.29 is 19.4 Å². The van der Waals surface area contributed by atoms with Crippen LogP contribution in [0.4, 0.5) is 5.00 Å². The van der Waals surface area contributed by atoms with Gasteiger partial charge in [-0.15, -0.1) is 11.3 Å². The third kappa shape index (κ3) is 4.93. The largest absolute Gasteiger partial charge is 0.465 e. The Morgan fingerprint density at radius 3 is 2.87 bits per heavy atom. The third-order valence-corrected chi connectivity index (χ3v) is 7.10. The van der Waals surface area contributed by atoms with Gasteiger partial charge in [0.15, 0.2) is 5.16 Å². The number of nitrogens with one attached hydrogen (secondary N) is 2. The Hall–Kier alpha value is -2.17. The number of thioether (sulfide) groups is 1. The first-order valence-corrected chi connectivity index (χ1v) is 11.5. The number of aliphatic hydroxyl groups is 1. The molecule has 1 aliphatic carbocycles. The molecule has 3 N–H and O–H groups in total. The molecule has 1 unspecified atom stereocenters. The molecule has 30 heavy (non-hydrogen) atoms. The summed E-state index contributed by atoms with van der Waals surface area (Å²) in [7, 11) is 1.34. The Morgan fingerprint density at radius 1 is 1.43 bits per heavy atom. The van der Waals surface area contributed by atoms with Crippen molar-refractivity contribution >= 4 is 40.0 Å². The molecule has 0 radical (unpaired) electrons. The van der Waals surface area contributed by atoms with Gasteiger partial charge in [0.25, 0.3) is 5.56 Å². The van der Waals surface area contributed by atoms with E-state index in [9.17, 15) is 14.4 Å². The molecule has 0 spiro atoms. The van der Waals surface area contributed by atoms with Crippen molar-refractivity contribution in [1.82, 2.24) is 9.97 Å². The molecule has 1 amide bonds. The second kappa shape index (κ2) is 9.76. The first-order chi connectivity index (χ1) is 14.3. The molecule has 0 fully saturated rings. The minimum atomic E-state index is -0.439. The third-order valence-electron chi connectivity index (χ3n) is 5.06. The van der Waals surface area contributed by atoms with Crippen molar-refractivity contribution in [3.8, 4) is 0 Å². The number of fused-ring (bicyclic) bond motifs is 1. The summed E-state index contributed by atoms with van der Waals surface area (Å²) < 4.78 is 4.94. The van der Waals surface area contributed by atoms with Crippen molar-refractivity contribution in [3.63, 3.8) is 0 Å². The number of aromatic nitrogens is 2. The molecule has 2 heterocycles. The van der Waals surface area contributed by atoms with Crippen LogP contribution in [0, 0.1) is 12.8 Å². The molecule has 3 rings (SSSR count). The predicted molar refractivity (Wildman–Crippen MR) is 117 cm³/mol. The van der Waals surface area contributed by atoms with Gasteiger partial charge in [0.1, 0.15) is 5.00 Å². The van der Waals surface area contributed by atoms with E-state index in [4.69, 9.17) is 9.84 Å². The Kier molecular flexibility index (Phi) is 7.32. The van der Waals surface area contributed by atoms with E-state index < -0.39 is 5.97 Å². The van der Waals surface area contributed by atoms with Crippen LogP contribution in [0.3, 0.4) is 0 Å². The summed E-state index contributed by atoms with van der Waals surface area (Å²) in [5.41, 5.74) is 2.09. The lowest BCUT2D eigenvalue weighted by Gasteiger charge is -2.18. The number of rotatable bonds is 7. The number of aryl methyl sites for hydroxylation is 1. The van der Waals surface area contributed by atoms with Gasteiger partial charge in [0.05, 0.1) is 18.4 Å². The van der Waals surface area contributed by atoms with E-state index in [-0.39, 0.29) is 30.2 Å². The zero-order valence-electron chi connectivity index (χ0n) is 17.2. The monoisotopic (exact) mass is 451 g/mol. The lowest BCUT2D eigenvalue weighted by Crippen LogP contribution is -2.20. The van der Waals surface area contributed by atoms with E-state index in [1.807, 2.05) is 0 Å². The molecule has 2 aromatic heterocycles. The maximum atomic E-state index is 12.5. The predicted octanol–water partition coefficient (Wildman–Crippen LogP) is 2.32. The maximum Gasteiger partial charge on any atom is 0.341 e. The molecule has 8 nitrogen and oxygen atoms in total. The Bertz CT molecular complexity index is 1010. The number of amides is 1. The highest BCUT2D eigenvalue weighted by Crippen LogP contribution is 2.40. The lowest BCUT2D eigenvalue weighted by atomic mass is 9.88. The Balaban J connectivity index is 1.72. The van der Waals surface area contributed by atoms with Gasteiger partial charge in [0, 0.05) is 29.2 Å². The second-order valence-electron chi connectivity index (χ2n) is 7.29. The van der Waals surface area contributed by atoms with Crippen LogP contribution in [0.1, 0.15) is 45.4 Å². The number of carbonyl (C=O) groups is 2.